The number of hydrogen-bond acceptors (Lipinski definition) is 7. The average molecular weight is 346 g/mol. The van der Waals surface area contributed by atoms with Gasteiger partial charge in [-0.25, -0.2) is 9.97 Å². The van der Waals surface area contributed by atoms with Gasteiger partial charge in [0.1, 0.15) is 0 Å². The number of hydrogen-bond donors (Lipinski definition) is 1. The summed E-state index contributed by atoms with van der Waals surface area (Å²) in [5.74, 6) is -0.789. The largest absolute Gasteiger partial charge is 0.455 e. The molecule has 0 bridgehead atoms. The summed E-state index contributed by atoms with van der Waals surface area (Å²) in [5.41, 5.74) is 1.41. The van der Waals surface area contributed by atoms with Gasteiger partial charge in [0.15, 0.2) is 11.8 Å². The molecule has 0 saturated carbocycles. The van der Waals surface area contributed by atoms with Crippen LogP contribution in [0.3, 0.4) is 0 Å². The van der Waals surface area contributed by atoms with Crippen LogP contribution in [-0.2, 0) is 14.3 Å². The Balaban J connectivity index is 1.84. The highest BCUT2D eigenvalue weighted by molar-refractivity contribution is 7.99. The Morgan fingerprint density at radius 3 is 2.71 bits per heavy atom. The third-order valence-electron chi connectivity index (χ3n) is 2.69. The van der Waals surface area contributed by atoms with E-state index in [1.165, 1.54) is 0 Å². The van der Waals surface area contributed by atoms with E-state index >= 15 is 0 Å². The first-order chi connectivity index (χ1) is 11.5. The summed E-state index contributed by atoms with van der Waals surface area (Å²) in [4.78, 5) is 35.8. The first-order valence-corrected chi connectivity index (χ1v) is 8.35. The lowest BCUT2D eigenvalue weighted by Crippen LogP contribution is -2.34. The Kier molecular flexibility index (Phi) is 6.68. The fraction of sp³-hybridized carbons (Fsp3) is 0.312. The zero-order valence-corrected chi connectivity index (χ0v) is 14.2. The van der Waals surface area contributed by atoms with Crippen molar-refractivity contribution in [2.24, 2.45) is 0 Å². The van der Waals surface area contributed by atoms with Crippen molar-refractivity contribution in [3.05, 3.63) is 36.7 Å². The molecule has 0 aliphatic rings. The Morgan fingerprint density at radius 1 is 1.17 bits per heavy atom. The zero-order valence-electron chi connectivity index (χ0n) is 13.4. The first kappa shape index (κ1) is 17.9. The first-order valence-electron chi connectivity index (χ1n) is 7.37. The number of nitrogens with one attached hydrogen (secondary N) is 1. The maximum absolute atomic E-state index is 11.7. The van der Waals surface area contributed by atoms with Crippen LogP contribution in [0.2, 0.25) is 0 Å². The average Bonchev–Trinajstić information content (AvgIpc) is 2.58. The summed E-state index contributed by atoms with van der Waals surface area (Å²) >= 11 is 1.15. The molecule has 0 aliphatic carbocycles. The van der Waals surface area contributed by atoms with Crippen LogP contribution in [0, 0.1) is 0 Å². The quantitative estimate of drug-likeness (QED) is 0.463. The standard InChI is InChI=1S/C16H18N4O3S/c1-11(2)19-14(21)9-23-15(22)10-24-16-18-8-6-13(20-16)12-5-3-4-7-17-12/h3-8,11H,9-10H2,1-2H3,(H,19,21). The van der Waals surface area contributed by atoms with Crippen molar-refractivity contribution in [3.63, 3.8) is 0 Å². The van der Waals surface area contributed by atoms with Crippen LogP contribution in [0.4, 0.5) is 0 Å². The number of esters is 1. The molecule has 2 aromatic heterocycles. The molecule has 0 unspecified atom stereocenters. The van der Waals surface area contributed by atoms with Crippen LogP contribution in [0.25, 0.3) is 11.4 Å². The van der Waals surface area contributed by atoms with Crippen molar-refractivity contribution in [1.82, 2.24) is 20.3 Å². The highest BCUT2D eigenvalue weighted by Gasteiger charge is 2.11. The molecule has 0 fully saturated rings. The number of thioether (sulfide) groups is 1. The summed E-state index contributed by atoms with van der Waals surface area (Å²) in [5, 5.41) is 3.09. The summed E-state index contributed by atoms with van der Waals surface area (Å²) in [6.07, 6.45) is 3.30. The van der Waals surface area contributed by atoms with Gasteiger partial charge in [-0.05, 0) is 32.0 Å². The van der Waals surface area contributed by atoms with Crippen molar-refractivity contribution in [3.8, 4) is 11.4 Å². The van der Waals surface area contributed by atoms with Gasteiger partial charge in [0.25, 0.3) is 5.91 Å². The molecule has 0 spiro atoms. The third kappa shape index (κ3) is 5.96. The van der Waals surface area contributed by atoms with E-state index < -0.39 is 5.97 Å². The van der Waals surface area contributed by atoms with Gasteiger partial charge in [-0.15, -0.1) is 0 Å². The van der Waals surface area contributed by atoms with E-state index in [1.807, 2.05) is 32.0 Å². The van der Waals surface area contributed by atoms with Gasteiger partial charge in [-0.3, -0.25) is 14.6 Å². The molecule has 1 amide bonds. The van der Waals surface area contributed by atoms with Crippen molar-refractivity contribution in [2.45, 2.75) is 25.0 Å². The molecule has 126 valence electrons. The van der Waals surface area contributed by atoms with Crippen molar-refractivity contribution in [2.75, 3.05) is 12.4 Å². The molecule has 2 rings (SSSR count). The molecule has 7 nitrogen and oxygen atoms in total. The van der Waals surface area contributed by atoms with E-state index in [9.17, 15) is 9.59 Å². The number of ether oxygens (including phenoxy) is 1. The monoisotopic (exact) mass is 346 g/mol. The minimum atomic E-state index is -0.495. The highest BCUT2D eigenvalue weighted by atomic mass is 32.2. The summed E-state index contributed by atoms with van der Waals surface area (Å²) in [6, 6.07) is 7.30. The van der Waals surface area contributed by atoms with Gasteiger partial charge in [0, 0.05) is 18.4 Å². The van der Waals surface area contributed by atoms with Crippen molar-refractivity contribution < 1.29 is 14.3 Å². The molecule has 0 aromatic carbocycles. The molecular formula is C16H18N4O3S. The smallest absolute Gasteiger partial charge is 0.316 e. The number of rotatable bonds is 7. The van der Waals surface area contributed by atoms with E-state index in [-0.39, 0.29) is 24.3 Å². The van der Waals surface area contributed by atoms with Crippen LogP contribution in [0.5, 0.6) is 0 Å². The molecule has 2 heterocycles. The molecule has 0 atom stereocenters. The van der Waals surface area contributed by atoms with Gasteiger partial charge >= 0.3 is 5.97 Å². The van der Waals surface area contributed by atoms with Gasteiger partial charge < -0.3 is 10.1 Å². The second-order valence-electron chi connectivity index (χ2n) is 5.11. The number of carbonyl (C=O) groups excluding carboxylic acids is 2. The molecule has 0 radical (unpaired) electrons. The van der Waals surface area contributed by atoms with Crippen LogP contribution in [-0.4, -0.2) is 45.2 Å². The van der Waals surface area contributed by atoms with Crippen LogP contribution >= 0.6 is 11.8 Å². The predicted octanol–water partition coefficient (Wildman–Crippen LogP) is 1.70. The molecule has 24 heavy (non-hydrogen) atoms. The van der Waals surface area contributed by atoms with E-state index in [0.717, 1.165) is 17.5 Å². The number of nitrogens with zero attached hydrogens (tertiary/aromatic N) is 3. The van der Waals surface area contributed by atoms with Crippen LogP contribution in [0.1, 0.15) is 13.8 Å². The molecule has 2 aromatic rings. The van der Waals surface area contributed by atoms with Gasteiger partial charge in [-0.1, -0.05) is 17.8 Å². The zero-order chi connectivity index (χ0) is 17.4. The van der Waals surface area contributed by atoms with Gasteiger partial charge in [-0.2, -0.15) is 0 Å². The van der Waals surface area contributed by atoms with Gasteiger partial charge in [0.2, 0.25) is 0 Å². The Morgan fingerprint density at radius 2 is 2.00 bits per heavy atom. The van der Waals surface area contributed by atoms with Crippen molar-refractivity contribution >= 4 is 23.6 Å². The Labute approximate surface area is 144 Å². The highest BCUT2D eigenvalue weighted by Crippen LogP contribution is 2.18. The van der Waals surface area contributed by atoms with E-state index in [2.05, 4.69) is 20.3 Å². The SMILES string of the molecule is CC(C)NC(=O)COC(=O)CSc1nccc(-c2ccccn2)n1. The second kappa shape index (κ2) is 8.97. The molecule has 0 aliphatic heterocycles. The van der Waals surface area contributed by atoms with E-state index in [4.69, 9.17) is 4.74 Å². The maximum Gasteiger partial charge on any atom is 0.316 e. The maximum atomic E-state index is 11.7. The van der Waals surface area contributed by atoms with E-state index in [1.54, 1.807) is 18.5 Å². The van der Waals surface area contributed by atoms with Crippen LogP contribution < -0.4 is 5.32 Å². The Bertz CT molecular complexity index is 695. The Hall–Kier alpha value is -2.48. The fourth-order valence-electron chi connectivity index (χ4n) is 1.74. The number of amides is 1. The second-order valence-corrected chi connectivity index (χ2v) is 6.05. The topological polar surface area (TPSA) is 94.1 Å². The van der Waals surface area contributed by atoms with E-state index in [0.29, 0.717) is 10.9 Å². The lowest BCUT2D eigenvalue weighted by molar-refractivity contribution is -0.146. The lowest BCUT2D eigenvalue weighted by atomic mass is 10.3. The minimum Gasteiger partial charge on any atom is -0.455 e. The normalized spacial score (nSPS) is 10.5. The fourth-order valence-corrected chi connectivity index (χ4v) is 2.37. The molecule has 8 heteroatoms. The van der Waals surface area contributed by atoms with Crippen LogP contribution in [0.15, 0.2) is 41.8 Å². The molecular weight excluding hydrogens is 328 g/mol. The number of carbonyl (C=O) groups is 2. The van der Waals surface area contributed by atoms with Crippen molar-refractivity contribution in [1.29, 1.82) is 0 Å². The molecule has 0 saturated heterocycles. The predicted molar refractivity (Wildman–Crippen MR) is 90.2 cm³/mol. The number of aromatic nitrogens is 3. The lowest BCUT2D eigenvalue weighted by Gasteiger charge is -2.08. The summed E-state index contributed by atoms with van der Waals surface area (Å²) in [7, 11) is 0. The minimum absolute atomic E-state index is 0.00770. The molecule has 1 N–H and O–H groups in total. The van der Waals surface area contributed by atoms with Gasteiger partial charge in [0.05, 0.1) is 17.1 Å². The summed E-state index contributed by atoms with van der Waals surface area (Å²) in [6.45, 7) is 3.38. The summed E-state index contributed by atoms with van der Waals surface area (Å²) < 4.78 is 4.90. The third-order valence-corrected chi connectivity index (χ3v) is 3.53. The number of pyridine rings is 1.